The van der Waals surface area contributed by atoms with E-state index in [1.165, 1.54) is 59.5 Å². The first-order chi connectivity index (χ1) is 26.3. The van der Waals surface area contributed by atoms with E-state index in [4.69, 9.17) is 9.97 Å². The van der Waals surface area contributed by atoms with Gasteiger partial charge in [0.25, 0.3) is 0 Å². The van der Waals surface area contributed by atoms with Crippen LogP contribution in [0.25, 0.3) is 104 Å². The Kier molecular flexibility index (Phi) is 6.55. The summed E-state index contributed by atoms with van der Waals surface area (Å²) in [5.74, 6) is 0. The molecule has 3 nitrogen and oxygen atoms in total. The fourth-order valence-corrected chi connectivity index (χ4v) is 8.37. The molecule has 8 aromatic carbocycles. The highest BCUT2D eigenvalue weighted by Crippen LogP contribution is 2.43. The van der Waals surface area contributed by atoms with E-state index in [0.29, 0.717) is 0 Å². The van der Waals surface area contributed by atoms with Gasteiger partial charge < -0.3 is 4.57 Å². The highest BCUT2D eigenvalue weighted by atomic mass is 15.0. The van der Waals surface area contributed by atoms with Crippen LogP contribution in [0, 0.1) is 0 Å². The SMILES string of the molecule is c1ccc2c(c1)nc(-c1ccc(-c3ccc(-c4ccc(-n5c6ccccc6c6ccccc65)cc4)cn3)cc1)c1c3ccccc3c3ccccc3c21. The number of aromatic nitrogens is 3. The number of pyridine rings is 2. The smallest absolute Gasteiger partial charge is 0.0794 e. The molecule has 11 aromatic rings. The quantitative estimate of drug-likeness (QED) is 0.174. The molecule has 0 aliphatic rings. The van der Waals surface area contributed by atoms with E-state index >= 15 is 0 Å². The van der Waals surface area contributed by atoms with Crippen LogP contribution >= 0.6 is 0 Å². The Balaban J connectivity index is 0.954. The van der Waals surface area contributed by atoms with Crippen LogP contribution in [-0.4, -0.2) is 14.5 Å². The summed E-state index contributed by atoms with van der Waals surface area (Å²) in [4.78, 5) is 10.2. The summed E-state index contributed by atoms with van der Waals surface area (Å²) < 4.78 is 2.35. The Hall–Kier alpha value is -7.10. The summed E-state index contributed by atoms with van der Waals surface area (Å²) >= 11 is 0. The molecule has 246 valence electrons. The van der Waals surface area contributed by atoms with Crippen molar-refractivity contribution in [2.75, 3.05) is 0 Å². The van der Waals surface area contributed by atoms with E-state index in [1.54, 1.807) is 0 Å². The zero-order valence-corrected chi connectivity index (χ0v) is 28.7. The maximum atomic E-state index is 5.31. The molecule has 53 heavy (non-hydrogen) atoms. The van der Waals surface area contributed by atoms with E-state index in [9.17, 15) is 0 Å². The van der Waals surface area contributed by atoms with Crippen molar-refractivity contribution in [2.45, 2.75) is 0 Å². The number of hydrogen-bond donors (Lipinski definition) is 0. The molecule has 3 aromatic heterocycles. The van der Waals surface area contributed by atoms with Gasteiger partial charge in [0.15, 0.2) is 0 Å². The van der Waals surface area contributed by atoms with Crippen LogP contribution in [0.4, 0.5) is 0 Å². The summed E-state index contributed by atoms with van der Waals surface area (Å²) in [6.07, 6.45) is 1.98. The first-order valence-corrected chi connectivity index (χ1v) is 18.1. The molecule has 0 aliphatic heterocycles. The van der Waals surface area contributed by atoms with Crippen LogP contribution in [-0.2, 0) is 0 Å². The standard InChI is InChI=1S/C50H31N3/c1-3-15-41-37(11-1)38-12-2-4-16-42(38)49-48(41)43-17-5-8-18-45(43)52-50(49)34-23-21-33(22-24-34)44-30-27-35(31-51-44)32-25-28-36(29-26-32)53-46-19-9-6-13-39(46)40-14-7-10-20-47(40)53/h1-31H. The first-order valence-electron chi connectivity index (χ1n) is 18.1. The maximum absolute atomic E-state index is 5.31. The largest absolute Gasteiger partial charge is 0.309 e. The minimum absolute atomic E-state index is 0.940. The maximum Gasteiger partial charge on any atom is 0.0794 e. The van der Waals surface area contributed by atoms with Crippen LogP contribution in [0.5, 0.6) is 0 Å². The minimum atomic E-state index is 0.940. The lowest BCUT2D eigenvalue weighted by molar-refractivity contribution is 1.18. The van der Waals surface area contributed by atoms with Gasteiger partial charge >= 0.3 is 0 Å². The molecule has 0 radical (unpaired) electrons. The zero-order chi connectivity index (χ0) is 34.9. The van der Waals surface area contributed by atoms with Crippen LogP contribution in [0.2, 0.25) is 0 Å². The lowest BCUT2D eigenvalue weighted by Crippen LogP contribution is -1.94. The Morgan fingerprint density at radius 2 is 0.830 bits per heavy atom. The molecule has 0 aliphatic carbocycles. The predicted octanol–water partition coefficient (Wildman–Crippen LogP) is 13.2. The third-order valence-corrected chi connectivity index (χ3v) is 10.8. The summed E-state index contributed by atoms with van der Waals surface area (Å²) in [5.41, 5.74) is 10.9. The van der Waals surface area contributed by atoms with Crippen molar-refractivity contribution in [1.82, 2.24) is 14.5 Å². The lowest BCUT2D eigenvalue weighted by Gasteiger charge is -2.16. The first kappa shape index (κ1) is 29.6. The second kappa shape index (κ2) is 11.7. The van der Waals surface area contributed by atoms with Gasteiger partial charge in [-0.2, -0.15) is 0 Å². The summed E-state index contributed by atoms with van der Waals surface area (Å²) in [5, 5.41) is 11.1. The molecule has 0 saturated carbocycles. The van der Waals surface area contributed by atoms with Crippen molar-refractivity contribution in [3.8, 4) is 39.3 Å². The second-order valence-corrected chi connectivity index (χ2v) is 13.7. The van der Waals surface area contributed by atoms with Crippen LogP contribution in [0.3, 0.4) is 0 Å². The van der Waals surface area contributed by atoms with Gasteiger partial charge in [0, 0.05) is 55.5 Å². The Labute approximate surface area is 306 Å². The van der Waals surface area contributed by atoms with E-state index in [2.05, 4.69) is 187 Å². The van der Waals surface area contributed by atoms with Crippen molar-refractivity contribution >= 4 is 65.0 Å². The average molecular weight is 674 g/mol. The van der Waals surface area contributed by atoms with Crippen LogP contribution in [0.1, 0.15) is 0 Å². The van der Waals surface area contributed by atoms with E-state index in [-0.39, 0.29) is 0 Å². The van der Waals surface area contributed by atoms with Gasteiger partial charge in [-0.1, -0.05) is 146 Å². The number of benzene rings is 8. The van der Waals surface area contributed by atoms with Crippen molar-refractivity contribution in [3.63, 3.8) is 0 Å². The zero-order valence-electron chi connectivity index (χ0n) is 28.7. The Bertz CT molecular complexity index is 3140. The summed E-state index contributed by atoms with van der Waals surface area (Å²) in [6.45, 7) is 0. The minimum Gasteiger partial charge on any atom is -0.309 e. The van der Waals surface area contributed by atoms with Gasteiger partial charge in [-0.15, -0.1) is 0 Å². The molecule has 11 rings (SSSR count). The van der Waals surface area contributed by atoms with Gasteiger partial charge in [0.1, 0.15) is 0 Å². The van der Waals surface area contributed by atoms with Crippen LogP contribution in [0.15, 0.2) is 188 Å². The molecule has 0 atom stereocenters. The fourth-order valence-electron chi connectivity index (χ4n) is 8.37. The van der Waals surface area contributed by atoms with Gasteiger partial charge in [0.2, 0.25) is 0 Å². The molecule has 3 heteroatoms. The van der Waals surface area contributed by atoms with Gasteiger partial charge in [0.05, 0.1) is 27.9 Å². The molecule has 0 saturated heterocycles. The molecule has 0 bridgehead atoms. The fraction of sp³-hybridized carbons (Fsp3) is 0. The number of hydrogen-bond acceptors (Lipinski definition) is 2. The molecule has 0 spiro atoms. The molecular formula is C50H31N3. The Morgan fingerprint density at radius 1 is 0.340 bits per heavy atom. The number of nitrogens with zero attached hydrogens (tertiary/aromatic N) is 3. The molecule has 0 amide bonds. The third kappa shape index (κ3) is 4.61. The average Bonchev–Trinajstić information content (AvgIpc) is 3.58. The van der Waals surface area contributed by atoms with Crippen molar-refractivity contribution < 1.29 is 0 Å². The van der Waals surface area contributed by atoms with Gasteiger partial charge in [-0.25, -0.2) is 4.98 Å². The van der Waals surface area contributed by atoms with Crippen molar-refractivity contribution in [1.29, 1.82) is 0 Å². The molecule has 3 heterocycles. The third-order valence-electron chi connectivity index (χ3n) is 10.8. The van der Waals surface area contributed by atoms with Crippen LogP contribution < -0.4 is 0 Å². The molecule has 0 fully saturated rings. The number of para-hydroxylation sites is 3. The molecular weight excluding hydrogens is 643 g/mol. The highest BCUT2D eigenvalue weighted by Gasteiger charge is 2.18. The molecule has 0 N–H and O–H groups in total. The van der Waals surface area contributed by atoms with Gasteiger partial charge in [-0.3, -0.25) is 4.98 Å². The summed E-state index contributed by atoms with van der Waals surface area (Å²) in [7, 11) is 0. The molecule has 0 unspecified atom stereocenters. The number of fused-ring (bicyclic) bond motifs is 11. The van der Waals surface area contributed by atoms with Crippen molar-refractivity contribution in [2.24, 2.45) is 0 Å². The second-order valence-electron chi connectivity index (χ2n) is 13.7. The van der Waals surface area contributed by atoms with E-state index in [0.717, 1.165) is 44.8 Å². The van der Waals surface area contributed by atoms with E-state index in [1.807, 2.05) is 6.20 Å². The highest BCUT2D eigenvalue weighted by molar-refractivity contribution is 6.33. The summed E-state index contributed by atoms with van der Waals surface area (Å²) in [6, 6.07) is 65.1. The lowest BCUT2D eigenvalue weighted by atomic mass is 9.90. The topological polar surface area (TPSA) is 30.7 Å². The monoisotopic (exact) mass is 673 g/mol. The normalized spacial score (nSPS) is 11.8. The van der Waals surface area contributed by atoms with Crippen molar-refractivity contribution in [3.05, 3.63) is 188 Å². The Morgan fingerprint density at radius 3 is 1.45 bits per heavy atom. The van der Waals surface area contributed by atoms with E-state index < -0.39 is 0 Å². The van der Waals surface area contributed by atoms with Gasteiger partial charge in [-0.05, 0) is 63.5 Å². The number of rotatable bonds is 4. The predicted molar refractivity (Wildman–Crippen MR) is 223 cm³/mol.